The maximum atomic E-state index is 2.46. The quantitative estimate of drug-likeness (QED) is 0.699. The van der Waals surface area contributed by atoms with Crippen LogP contribution in [0.4, 0.5) is 0 Å². The Morgan fingerprint density at radius 2 is 1.93 bits per heavy atom. The summed E-state index contributed by atoms with van der Waals surface area (Å²) in [5, 5.41) is 2.46. The Morgan fingerprint density at radius 1 is 1.14 bits per heavy atom. The first-order chi connectivity index (χ1) is 6.90. The Balaban J connectivity index is 2.00. The van der Waals surface area contributed by atoms with Crippen LogP contribution in [0, 0.1) is 0 Å². The molecule has 1 heteroatoms. The standard InChI is InChI=1S/C13H17N/c1-2-6-12-9-10-13(14-12)11-7-4-3-5-8-11/h3-5,7-10,12-14H,2,6H2,1H3/p+1/t12-,13+/m1/s1. The number of rotatable bonds is 3. The topological polar surface area (TPSA) is 16.6 Å². The van der Waals surface area contributed by atoms with E-state index < -0.39 is 0 Å². The second-order valence-electron chi connectivity index (χ2n) is 3.97. The average molecular weight is 188 g/mol. The summed E-state index contributed by atoms with van der Waals surface area (Å²) in [6, 6.07) is 12.0. The molecule has 0 aliphatic carbocycles. The Kier molecular flexibility index (Phi) is 3.00. The molecule has 1 aromatic carbocycles. The molecule has 0 spiro atoms. The number of quaternary nitrogens is 1. The van der Waals surface area contributed by atoms with Crippen LogP contribution in [0.2, 0.25) is 0 Å². The van der Waals surface area contributed by atoms with Gasteiger partial charge >= 0.3 is 0 Å². The zero-order valence-corrected chi connectivity index (χ0v) is 8.69. The Labute approximate surface area is 85.8 Å². The molecule has 0 saturated carbocycles. The summed E-state index contributed by atoms with van der Waals surface area (Å²) in [5.74, 6) is 0. The minimum Gasteiger partial charge on any atom is -0.331 e. The van der Waals surface area contributed by atoms with Crippen LogP contribution in [0.3, 0.4) is 0 Å². The summed E-state index contributed by atoms with van der Waals surface area (Å²) in [4.78, 5) is 0. The summed E-state index contributed by atoms with van der Waals surface area (Å²) in [7, 11) is 0. The Bertz CT molecular complexity index is 302. The lowest BCUT2D eigenvalue weighted by Crippen LogP contribution is -2.87. The Hall–Kier alpha value is -1.08. The highest BCUT2D eigenvalue weighted by Crippen LogP contribution is 2.14. The lowest BCUT2D eigenvalue weighted by Gasteiger charge is -2.10. The van der Waals surface area contributed by atoms with Crippen molar-refractivity contribution in [2.45, 2.75) is 31.8 Å². The van der Waals surface area contributed by atoms with Gasteiger partial charge in [0.25, 0.3) is 0 Å². The molecule has 2 N–H and O–H groups in total. The number of benzene rings is 1. The Morgan fingerprint density at radius 3 is 2.64 bits per heavy atom. The van der Waals surface area contributed by atoms with Gasteiger partial charge in [-0.3, -0.25) is 0 Å². The lowest BCUT2D eigenvalue weighted by atomic mass is 10.1. The van der Waals surface area contributed by atoms with Gasteiger partial charge in [-0.2, -0.15) is 0 Å². The van der Waals surface area contributed by atoms with Crippen molar-refractivity contribution in [3.63, 3.8) is 0 Å². The molecule has 1 aliphatic rings. The summed E-state index contributed by atoms with van der Waals surface area (Å²) in [6.07, 6.45) is 7.24. The maximum Gasteiger partial charge on any atom is 0.131 e. The maximum absolute atomic E-state index is 2.46. The molecule has 1 nitrogen and oxygen atoms in total. The van der Waals surface area contributed by atoms with Crippen molar-refractivity contribution in [3.05, 3.63) is 48.0 Å². The number of hydrogen-bond acceptors (Lipinski definition) is 0. The lowest BCUT2D eigenvalue weighted by molar-refractivity contribution is -0.701. The molecule has 0 unspecified atom stereocenters. The fourth-order valence-corrected chi connectivity index (χ4v) is 2.08. The highest BCUT2D eigenvalue weighted by molar-refractivity contribution is 5.22. The van der Waals surface area contributed by atoms with Crippen molar-refractivity contribution in [1.82, 2.24) is 0 Å². The van der Waals surface area contributed by atoms with Crippen LogP contribution < -0.4 is 5.32 Å². The molecule has 0 aromatic heterocycles. The SMILES string of the molecule is CCC[C@@H]1C=C[C@@H](c2ccccc2)[NH2+]1. The van der Waals surface area contributed by atoms with E-state index in [1.807, 2.05) is 0 Å². The molecule has 0 saturated heterocycles. The molecule has 0 amide bonds. The molecule has 1 heterocycles. The third kappa shape index (κ3) is 2.05. The number of nitrogens with two attached hydrogens (primary N) is 1. The van der Waals surface area contributed by atoms with Crippen molar-refractivity contribution in [1.29, 1.82) is 0 Å². The highest BCUT2D eigenvalue weighted by atomic mass is 15.0. The van der Waals surface area contributed by atoms with E-state index in [0.717, 1.165) is 0 Å². The fourth-order valence-electron chi connectivity index (χ4n) is 2.08. The van der Waals surface area contributed by atoms with E-state index in [2.05, 4.69) is 54.7 Å². The summed E-state index contributed by atoms with van der Waals surface area (Å²) < 4.78 is 0. The van der Waals surface area contributed by atoms with Crippen molar-refractivity contribution in [3.8, 4) is 0 Å². The minimum atomic E-state index is 0.549. The predicted octanol–water partition coefficient (Wildman–Crippen LogP) is 2.03. The third-order valence-corrected chi connectivity index (χ3v) is 2.83. The molecule has 2 atom stereocenters. The van der Waals surface area contributed by atoms with E-state index in [9.17, 15) is 0 Å². The van der Waals surface area contributed by atoms with Gasteiger partial charge in [0.05, 0.1) is 0 Å². The summed E-state index contributed by atoms with van der Waals surface area (Å²) in [6.45, 7) is 2.25. The van der Waals surface area contributed by atoms with E-state index in [1.165, 1.54) is 18.4 Å². The summed E-state index contributed by atoms with van der Waals surface area (Å²) in [5.41, 5.74) is 1.42. The van der Waals surface area contributed by atoms with Crippen LogP contribution in [-0.2, 0) is 0 Å². The van der Waals surface area contributed by atoms with Gasteiger partial charge in [0.2, 0.25) is 0 Å². The molecular formula is C13H18N+. The number of hydrogen-bond donors (Lipinski definition) is 1. The second-order valence-corrected chi connectivity index (χ2v) is 3.97. The average Bonchev–Trinajstić information content (AvgIpc) is 2.68. The largest absolute Gasteiger partial charge is 0.331 e. The van der Waals surface area contributed by atoms with Gasteiger partial charge in [-0.05, 0) is 12.2 Å². The van der Waals surface area contributed by atoms with Crippen LogP contribution >= 0.6 is 0 Å². The van der Waals surface area contributed by atoms with Crippen LogP contribution in [0.15, 0.2) is 42.5 Å². The molecule has 74 valence electrons. The van der Waals surface area contributed by atoms with E-state index in [0.29, 0.717) is 12.1 Å². The minimum absolute atomic E-state index is 0.549. The molecule has 2 rings (SSSR count). The first-order valence-electron chi connectivity index (χ1n) is 5.48. The van der Waals surface area contributed by atoms with Gasteiger partial charge in [-0.1, -0.05) is 43.7 Å². The van der Waals surface area contributed by atoms with Gasteiger partial charge < -0.3 is 5.32 Å². The third-order valence-electron chi connectivity index (χ3n) is 2.83. The molecule has 1 aliphatic heterocycles. The summed E-state index contributed by atoms with van der Waals surface area (Å²) >= 11 is 0. The fraction of sp³-hybridized carbons (Fsp3) is 0.385. The van der Waals surface area contributed by atoms with E-state index in [1.54, 1.807) is 0 Å². The smallest absolute Gasteiger partial charge is 0.131 e. The monoisotopic (exact) mass is 188 g/mol. The van der Waals surface area contributed by atoms with Gasteiger partial charge in [-0.15, -0.1) is 0 Å². The zero-order valence-electron chi connectivity index (χ0n) is 8.69. The van der Waals surface area contributed by atoms with Gasteiger partial charge in [0.1, 0.15) is 12.1 Å². The highest BCUT2D eigenvalue weighted by Gasteiger charge is 2.21. The van der Waals surface area contributed by atoms with Crippen LogP contribution in [0.5, 0.6) is 0 Å². The molecule has 0 radical (unpaired) electrons. The van der Waals surface area contributed by atoms with Crippen molar-refractivity contribution in [2.24, 2.45) is 0 Å². The van der Waals surface area contributed by atoms with Gasteiger partial charge in [-0.25, -0.2) is 0 Å². The van der Waals surface area contributed by atoms with Crippen molar-refractivity contribution >= 4 is 0 Å². The molecular weight excluding hydrogens is 170 g/mol. The van der Waals surface area contributed by atoms with Crippen molar-refractivity contribution in [2.75, 3.05) is 0 Å². The normalized spacial score (nSPS) is 25.5. The van der Waals surface area contributed by atoms with Gasteiger partial charge in [0, 0.05) is 12.0 Å². The predicted molar refractivity (Wildman–Crippen MR) is 58.9 cm³/mol. The molecule has 1 aromatic rings. The second kappa shape index (κ2) is 4.43. The van der Waals surface area contributed by atoms with Crippen molar-refractivity contribution < 1.29 is 5.32 Å². The van der Waals surface area contributed by atoms with E-state index >= 15 is 0 Å². The van der Waals surface area contributed by atoms with Gasteiger partial charge in [0.15, 0.2) is 0 Å². The first-order valence-corrected chi connectivity index (χ1v) is 5.48. The first kappa shape index (κ1) is 9.47. The van der Waals surface area contributed by atoms with E-state index in [4.69, 9.17) is 0 Å². The molecule has 14 heavy (non-hydrogen) atoms. The molecule has 0 bridgehead atoms. The van der Waals surface area contributed by atoms with Crippen LogP contribution in [-0.4, -0.2) is 6.04 Å². The molecule has 0 fully saturated rings. The van der Waals surface area contributed by atoms with Crippen LogP contribution in [0.1, 0.15) is 31.4 Å². The van der Waals surface area contributed by atoms with E-state index in [-0.39, 0.29) is 0 Å². The zero-order chi connectivity index (χ0) is 9.80. The van der Waals surface area contributed by atoms with Crippen LogP contribution in [0.25, 0.3) is 0 Å².